The molecule has 0 heterocycles. The average Bonchev–Trinajstić information content (AvgIpc) is 2.31. The van der Waals surface area contributed by atoms with Gasteiger partial charge in [0.15, 0.2) is 0 Å². The molecule has 17 heavy (non-hydrogen) atoms. The summed E-state index contributed by atoms with van der Waals surface area (Å²) in [5, 5.41) is 3.44. The molecule has 1 heteroatoms. The van der Waals surface area contributed by atoms with Crippen LogP contribution in [0.25, 0.3) is 0 Å². The van der Waals surface area contributed by atoms with E-state index in [9.17, 15) is 0 Å². The molecular weight excluding hydrogens is 206 g/mol. The Morgan fingerprint density at radius 1 is 0.765 bits per heavy atom. The van der Waals surface area contributed by atoms with E-state index >= 15 is 0 Å². The van der Waals surface area contributed by atoms with E-state index in [1.165, 1.54) is 64.3 Å². The summed E-state index contributed by atoms with van der Waals surface area (Å²) in [6, 6.07) is 0. The molecule has 0 aliphatic heterocycles. The van der Waals surface area contributed by atoms with Gasteiger partial charge in [0, 0.05) is 0 Å². The first kappa shape index (κ1) is 17.0. The van der Waals surface area contributed by atoms with Crippen LogP contribution in [0, 0.1) is 5.41 Å². The molecule has 0 fully saturated rings. The highest BCUT2D eigenvalue weighted by Gasteiger charge is 2.21. The van der Waals surface area contributed by atoms with Gasteiger partial charge in [-0.1, -0.05) is 59.8 Å². The zero-order chi connectivity index (χ0) is 13.0. The molecule has 0 bridgehead atoms. The van der Waals surface area contributed by atoms with Gasteiger partial charge in [-0.25, -0.2) is 0 Å². The van der Waals surface area contributed by atoms with Gasteiger partial charge in [0.2, 0.25) is 0 Å². The van der Waals surface area contributed by atoms with Crippen LogP contribution in [0.5, 0.6) is 0 Å². The Morgan fingerprint density at radius 3 is 2.06 bits per heavy atom. The van der Waals surface area contributed by atoms with Gasteiger partial charge in [0.05, 0.1) is 0 Å². The standard InChI is InChI=1S/C16H35N/c1-5-8-9-10-13-16(4,12-6-2)14-11-15-17-7-3/h17H,5-15H2,1-4H3. The molecule has 1 unspecified atom stereocenters. The van der Waals surface area contributed by atoms with Crippen molar-refractivity contribution in [1.29, 1.82) is 0 Å². The lowest BCUT2D eigenvalue weighted by molar-refractivity contribution is 0.231. The molecule has 0 spiro atoms. The summed E-state index contributed by atoms with van der Waals surface area (Å²) < 4.78 is 0. The van der Waals surface area contributed by atoms with Gasteiger partial charge in [-0.2, -0.15) is 0 Å². The predicted molar refractivity (Wildman–Crippen MR) is 79.6 cm³/mol. The molecule has 0 aromatic rings. The SMILES string of the molecule is CCCCCCC(C)(CCC)CCCNCC. The van der Waals surface area contributed by atoms with Crippen molar-refractivity contribution in [3.63, 3.8) is 0 Å². The fourth-order valence-electron chi connectivity index (χ4n) is 2.77. The van der Waals surface area contributed by atoms with Crippen molar-refractivity contribution >= 4 is 0 Å². The number of unbranched alkanes of at least 4 members (excludes halogenated alkanes) is 3. The molecule has 0 rings (SSSR count). The van der Waals surface area contributed by atoms with Crippen LogP contribution in [0.15, 0.2) is 0 Å². The molecule has 0 aliphatic carbocycles. The van der Waals surface area contributed by atoms with E-state index in [0.29, 0.717) is 5.41 Å². The van der Waals surface area contributed by atoms with Crippen LogP contribution in [0.3, 0.4) is 0 Å². The Morgan fingerprint density at radius 2 is 1.47 bits per heavy atom. The Hall–Kier alpha value is -0.0400. The third-order valence-corrected chi connectivity index (χ3v) is 3.87. The minimum Gasteiger partial charge on any atom is -0.317 e. The first-order chi connectivity index (χ1) is 8.18. The van der Waals surface area contributed by atoms with Crippen molar-refractivity contribution in [2.24, 2.45) is 5.41 Å². The second-order valence-corrected chi connectivity index (χ2v) is 5.83. The zero-order valence-electron chi connectivity index (χ0n) is 12.8. The monoisotopic (exact) mass is 241 g/mol. The van der Waals surface area contributed by atoms with Crippen LogP contribution in [0.2, 0.25) is 0 Å². The fraction of sp³-hybridized carbons (Fsp3) is 1.00. The first-order valence-electron chi connectivity index (χ1n) is 7.89. The molecule has 1 atom stereocenters. The molecule has 1 N–H and O–H groups in total. The van der Waals surface area contributed by atoms with E-state index in [-0.39, 0.29) is 0 Å². The smallest absolute Gasteiger partial charge is 0.00488 e. The molecule has 1 nitrogen and oxygen atoms in total. The Labute approximate surface area is 110 Å². The molecule has 0 aliphatic rings. The molecule has 0 amide bonds. The number of rotatable bonds is 12. The van der Waals surface area contributed by atoms with E-state index in [1.807, 2.05) is 0 Å². The second-order valence-electron chi connectivity index (χ2n) is 5.83. The van der Waals surface area contributed by atoms with Crippen LogP contribution in [0.1, 0.15) is 85.5 Å². The highest BCUT2D eigenvalue weighted by atomic mass is 14.8. The first-order valence-corrected chi connectivity index (χ1v) is 7.89. The zero-order valence-corrected chi connectivity index (χ0v) is 12.8. The van der Waals surface area contributed by atoms with Crippen LogP contribution >= 0.6 is 0 Å². The fourth-order valence-corrected chi connectivity index (χ4v) is 2.77. The van der Waals surface area contributed by atoms with E-state index < -0.39 is 0 Å². The van der Waals surface area contributed by atoms with E-state index in [1.54, 1.807) is 0 Å². The summed E-state index contributed by atoms with van der Waals surface area (Å²) in [5.74, 6) is 0. The molecule has 0 saturated carbocycles. The number of nitrogens with one attached hydrogen (secondary N) is 1. The predicted octanol–water partition coefficient (Wildman–Crippen LogP) is 5.15. The number of hydrogen-bond acceptors (Lipinski definition) is 1. The van der Waals surface area contributed by atoms with Crippen molar-refractivity contribution < 1.29 is 0 Å². The summed E-state index contributed by atoms with van der Waals surface area (Å²) >= 11 is 0. The van der Waals surface area contributed by atoms with Gasteiger partial charge in [0.25, 0.3) is 0 Å². The van der Waals surface area contributed by atoms with Gasteiger partial charge >= 0.3 is 0 Å². The maximum Gasteiger partial charge on any atom is -0.00488 e. The van der Waals surface area contributed by atoms with Crippen LogP contribution in [-0.4, -0.2) is 13.1 Å². The minimum atomic E-state index is 0.609. The minimum absolute atomic E-state index is 0.609. The summed E-state index contributed by atoms with van der Waals surface area (Å²) in [4.78, 5) is 0. The van der Waals surface area contributed by atoms with Gasteiger partial charge in [0.1, 0.15) is 0 Å². The summed E-state index contributed by atoms with van der Waals surface area (Å²) in [6.07, 6.45) is 12.6. The summed E-state index contributed by atoms with van der Waals surface area (Å²) in [5.41, 5.74) is 0.609. The van der Waals surface area contributed by atoms with Gasteiger partial charge in [-0.3, -0.25) is 0 Å². The molecule has 0 radical (unpaired) electrons. The Kier molecular flexibility index (Phi) is 11.0. The van der Waals surface area contributed by atoms with Crippen molar-refractivity contribution in [1.82, 2.24) is 5.32 Å². The third-order valence-electron chi connectivity index (χ3n) is 3.87. The highest BCUT2D eigenvalue weighted by molar-refractivity contribution is 4.74. The van der Waals surface area contributed by atoms with Crippen molar-refractivity contribution in [2.45, 2.75) is 85.5 Å². The van der Waals surface area contributed by atoms with Crippen LogP contribution in [-0.2, 0) is 0 Å². The molecule has 0 aromatic carbocycles. The maximum absolute atomic E-state index is 3.44. The Bertz CT molecular complexity index is 142. The van der Waals surface area contributed by atoms with E-state index in [4.69, 9.17) is 0 Å². The van der Waals surface area contributed by atoms with Crippen molar-refractivity contribution in [3.05, 3.63) is 0 Å². The Balaban J connectivity index is 3.80. The lowest BCUT2D eigenvalue weighted by atomic mass is 9.77. The van der Waals surface area contributed by atoms with E-state index in [0.717, 1.165) is 6.54 Å². The quantitative estimate of drug-likeness (QED) is 0.466. The topological polar surface area (TPSA) is 12.0 Å². The normalized spacial score (nSPS) is 14.8. The molecular formula is C16H35N. The van der Waals surface area contributed by atoms with Crippen LogP contribution < -0.4 is 5.32 Å². The van der Waals surface area contributed by atoms with Gasteiger partial charge in [-0.15, -0.1) is 0 Å². The van der Waals surface area contributed by atoms with Gasteiger partial charge < -0.3 is 5.32 Å². The maximum atomic E-state index is 3.44. The van der Waals surface area contributed by atoms with E-state index in [2.05, 4.69) is 33.0 Å². The molecule has 104 valence electrons. The summed E-state index contributed by atoms with van der Waals surface area (Å²) in [7, 11) is 0. The summed E-state index contributed by atoms with van der Waals surface area (Å²) in [6.45, 7) is 11.6. The largest absolute Gasteiger partial charge is 0.317 e. The second kappa shape index (κ2) is 11.1. The lowest BCUT2D eigenvalue weighted by Gasteiger charge is -2.29. The average molecular weight is 241 g/mol. The van der Waals surface area contributed by atoms with Crippen molar-refractivity contribution in [2.75, 3.05) is 13.1 Å². The third kappa shape index (κ3) is 9.64. The molecule has 0 saturated heterocycles. The highest BCUT2D eigenvalue weighted by Crippen LogP contribution is 2.34. The molecule has 0 aromatic heterocycles. The lowest BCUT2D eigenvalue weighted by Crippen LogP contribution is -2.20. The van der Waals surface area contributed by atoms with Gasteiger partial charge in [-0.05, 0) is 44.2 Å². The number of hydrogen-bond donors (Lipinski definition) is 1. The van der Waals surface area contributed by atoms with Crippen LogP contribution in [0.4, 0.5) is 0 Å². The van der Waals surface area contributed by atoms with Crippen molar-refractivity contribution in [3.8, 4) is 0 Å².